The molecule has 7 heteroatoms. The predicted molar refractivity (Wildman–Crippen MR) is 78.9 cm³/mol. The highest BCUT2D eigenvalue weighted by atomic mass is 16.6. The van der Waals surface area contributed by atoms with Crippen LogP contribution in [0.2, 0.25) is 0 Å². The molecule has 1 saturated heterocycles. The van der Waals surface area contributed by atoms with E-state index in [1.807, 2.05) is 6.07 Å². The van der Waals surface area contributed by atoms with Crippen LogP contribution in [0.5, 0.6) is 0 Å². The first kappa shape index (κ1) is 15.2. The van der Waals surface area contributed by atoms with Crippen molar-refractivity contribution in [3.8, 4) is 6.07 Å². The van der Waals surface area contributed by atoms with Gasteiger partial charge in [0.1, 0.15) is 23.6 Å². The standard InChI is InChI=1S/C14H19N5O2/c1-18-6-3-11(4-7-18)2-5-16-14-12(9-15)8-13(10-17-14)19(20)21/h8,10-11H,2-7H2,1H3,(H,16,17). The zero-order valence-corrected chi connectivity index (χ0v) is 12.1. The Hall–Kier alpha value is -2.20. The van der Waals surface area contributed by atoms with Gasteiger partial charge in [0.05, 0.1) is 4.92 Å². The SMILES string of the molecule is CN1CCC(CCNc2ncc([N+](=O)[O-])cc2C#N)CC1. The molecular weight excluding hydrogens is 270 g/mol. The molecule has 2 rings (SSSR count). The molecule has 0 aromatic carbocycles. The second kappa shape index (κ2) is 6.99. The van der Waals surface area contributed by atoms with E-state index in [4.69, 9.17) is 5.26 Å². The van der Waals surface area contributed by atoms with Crippen molar-refractivity contribution in [2.24, 2.45) is 5.92 Å². The topological polar surface area (TPSA) is 95.1 Å². The predicted octanol–water partition coefficient (Wildman–Crippen LogP) is 2.01. The maximum absolute atomic E-state index is 10.7. The number of anilines is 1. The summed E-state index contributed by atoms with van der Waals surface area (Å²) in [4.78, 5) is 16.4. The van der Waals surface area contributed by atoms with Crippen LogP contribution < -0.4 is 5.32 Å². The van der Waals surface area contributed by atoms with Gasteiger partial charge in [-0.1, -0.05) is 0 Å². The van der Waals surface area contributed by atoms with Gasteiger partial charge in [-0.15, -0.1) is 0 Å². The highest BCUT2D eigenvalue weighted by Gasteiger charge is 2.17. The number of nitro groups is 1. The first-order valence-electron chi connectivity index (χ1n) is 7.07. The summed E-state index contributed by atoms with van der Waals surface area (Å²) in [6, 6.07) is 3.20. The normalized spacial score (nSPS) is 16.4. The third-order valence-electron chi connectivity index (χ3n) is 3.89. The van der Waals surface area contributed by atoms with Gasteiger partial charge in [0.25, 0.3) is 5.69 Å². The fourth-order valence-electron chi connectivity index (χ4n) is 2.53. The Bertz CT molecular complexity index is 547. The van der Waals surface area contributed by atoms with Gasteiger partial charge >= 0.3 is 0 Å². The Labute approximate surface area is 123 Å². The molecule has 7 nitrogen and oxygen atoms in total. The number of nitriles is 1. The molecule has 112 valence electrons. The average Bonchev–Trinajstić information content (AvgIpc) is 2.49. The number of hydrogen-bond donors (Lipinski definition) is 1. The number of rotatable bonds is 5. The second-order valence-electron chi connectivity index (χ2n) is 5.42. The summed E-state index contributed by atoms with van der Waals surface area (Å²) in [7, 11) is 2.13. The van der Waals surface area contributed by atoms with Crippen LogP contribution >= 0.6 is 0 Å². The van der Waals surface area contributed by atoms with E-state index in [-0.39, 0.29) is 11.3 Å². The molecule has 0 bridgehead atoms. The molecule has 1 aromatic rings. The third-order valence-corrected chi connectivity index (χ3v) is 3.89. The lowest BCUT2D eigenvalue weighted by molar-refractivity contribution is -0.385. The Morgan fingerprint density at radius 1 is 1.57 bits per heavy atom. The molecule has 0 spiro atoms. The molecule has 1 aromatic heterocycles. The largest absolute Gasteiger partial charge is 0.369 e. The van der Waals surface area contributed by atoms with Crippen molar-refractivity contribution in [3.63, 3.8) is 0 Å². The van der Waals surface area contributed by atoms with Crippen molar-refractivity contribution in [1.29, 1.82) is 5.26 Å². The molecule has 1 N–H and O–H groups in total. The summed E-state index contributed by atoms with van der Waals surface area (Å²) < 4.78 is 0. The first-order valence-corrected chi connectivity index (χ1v) is 7.07. The van der Waals surface area contributed by atoms with Crippen molar-refractivity contribution in [3.05, 3.63) is 27.9 Å². The summed E-state index contributed by atoms with van der Waals surface area (Å²) >= 11 is 0. The fraction of sp³-hybridized carbons (Fsp3) is 0.571. The van der Waals surface area contributed by atoms with Gasteiger partial charge in [0, 0.05) is 12.6 Å². The lowest BCUT2D eigenvalue weighted by atomic mass is 9.94. The van der Waals surface area contributed by atoms with E-state index in [1.165, 1.54) is 25.1 Å². The molecule has 2 heterocycles. The number of nitrogens with one attached hydrogen (secondary N) is 1. The molecule has 0 unspecified atom stereocenters. The van der Waals surface area contributed by atoms with Gasteiger partial charge in [-0.05, 0) is 45.3 Å². The van der Waals surface area contributed by atoms with Crippen LogP contribution in [0.1, 0.15) is 24.8 Å². The second-order valence-corrected chi connectivity index (χ2v) is 5.42. The Kier molecular flexibility index (Phi) is 5.06. The summed E-state index contributed by atoms with van der Waals surface area (Å²) in [5.74, 6) is 1.12. The smallest absolute Gasteiger partial charge is 0.289 e. The molecule has 1 aliphatic rings. The fourth-order valence-corrected chi connectivity index (χ4v) is 2.53. The number of piperidine rings is 1. The van der Waals surface area contributed by atoms with Crippen LogP contribution in [0.4, 0.5) is 11.5 Å². The van der Waals surface area contributed by atoms with Crippen molar-refractivity contribution >= 4 is 11.5 Å². The molecule has 0 atom stereocenters. The third kappa shape index (κ3) is 4.13. The van der Waals surface area contributed by atoms with Crippen LogP contribution in [0.15, 0.2) is 12.3 Å². The summed E-state index contributed by atoms with van der Waals surface area (Å²) in [6.07, 6.45) is 4.59. The number of nitrogens with zero attached hydrogens (tertiary/aromatic N) is 4. The van der Waals surface area contributed by atoms with Gasteiger partial charge in [-0.25, -0.2) is 4.98 Å². The molecule has 1 aliphatic heterocycles. The van der Waals surface area contributed by atoms with E-state index in [1.54, 1.807) is 0 Å². The highest BCUT2D eigenvalue weighted by Crippen LogP contribution is 2.21. The zero-order chi connectivity index (χ0) is 15.2. The van der Waals surface area contributed by atoms with Crippen LogP contribution in [0.25, 0.3) is 0 Å². The summed E-state index contributed by atoms with van der Waals surface area (Å²) in [5, 5.41) is 22.8. The molecule has 0 aliphatic carbocycles. The average molecular weight is 289 g/mol. The Balaban J connectivity index is 1.88. The Morgan fingerprint density at radius 3 is 2.90 bits per heavy atom. The molecule has 0 saturated carbocycles. The van der Waals surface area contributed by atoms with Crippen LogP contribution in [-0.4, -0.2) is 41.5 Å². The monoisotopic (exact) mass is 289 g/mol. The Morgan fingerprint density at radius 2 is 2.29 bits per heavy atom. The van der Waals surface area contributed by atoms with Gasteiger partial charge in [0.15, 0.2) is 0 Å². The first-order chi connectivity index (χ1) is 10.1. The maximum Gasteiger partial charge on any atom is 0.289 e. The van der Waals surface area contributed by atoms with Crippen LogP contribution in [0, 0.1) is 27.4 Å². The highest BCUT2D eigenvalue weighted by molar-refractivity contribution is 5.55. The molecule has 0 amide bonds. The van der Waals surface area contributed by atoms with Gasteiger partial charge in [-0.3, -0.25) is 10.1 Å². The summed E-state index contributed by atoms with van der Waals surface area (Å²) in [5.41, 5.74) is 0.0556. The van der Waals surface area contributed by atoms with Gasteiger partial charge < -0.3 is 10.2 Å². The van der Waals surface area contributed by atoms with E-state index in [2.05, 4.69) is 22.2 Å². The van der Waals surface area contributed by atoms with Crippen molar-refractivity contribution in [1.82, 2.24) is 9.88 Å². The van der Waals surface area contributed by atoms with Crippen molar-refractivity contribution in [2.75, 3.05) is 32.0 Å². The van der Waals surface area contributed by atoms with E-state index in [0.717, 1.165) is 26.1 Å². The quantitative estimate of drug-likeness (QED) is 0.658. The van der Waals surface area contributed by atoms with E-state index in [9.17, 15) is 10.1 Å². The van der Waals surface area contributed by atoms with Crippen LogP contribution in [-0.2, 0) is 0 Å². The van der Waals surface area contributed by atoms with E-state index in [0.29, 0.717) is 11.7 Å². The zero-order valence-electron chi connectivity index (χ0n) is 12.1. The lowest BCUT2D eigenvalue weighted by Gasteiger charge is -2.28. The summed E-state index contributed by atoms with van der Waals surface area (Å²) in [6.45, 7) is 2.99. The number of aromatic nitrogens is 1. The molecular formula is C14H19N5O2. The molecule has 1 fully saturated rings. The maximum atomic E-state index is 10.7. The van der Waals surface area contributed by atoms with E-state index >= 15 is 0 Å². The van der Waals surface area contributed by atoms with Gasteiger partial charge in [-0.2, -0.15) is 5.26 Å². The van der Waals surface area contributed by atoms with Crippen molar-refractivity contribution in [2.45, 2.75) is 19.3 Å². The minimum Gasteiger partial charge on any atom is -0.369 e. The van der Waals surface area contributed by atoms with Crippen LogP contribution in [0.3, 0.4) is 0 Å². The number of hydrogen-bond acceptors (Lipinski definition) is 6. The van der Waals surface area contributed by atoms with Gasteiger partial charge in [0.2, 0.25) is 0 Å². The molecule has 0 radical (unpaired) electrons. The van der Waals surface area contributed by atoms with Crippen molar-refractivity contribution < 1.29 is 4.92 Å². The number of likely N-dealkylation sites (tertiary alicyclic amines) is 1. The molecule has 21 heavy (non-hydrogen) atoms. The number of pyridine rings is 1. The lowest BCUT2D eigenvalue weighted by Crippen LogP contribution is -2.30. The van der Waals surface area contributed by atoms with E-state index < -0.39 is 4.92 Å². The minimum absolute atomic E-state index is 0.160. The minimum atomic E-state index is -0.545.